The zero-order valence-electron chi connectivity index (χ0n) is 24.3. The average Bonchev–Trinajstić information content (AvgIpc) is 3.01. The number of rotatable bonds is 6. The number of hydrogen-bond acceptors (Lipinski definition) is 5. The molecule has 4 amide bonds. The minimum atomic E-state index is -0.827. The van der Waals surface area contributed by atoms with Crippen LogP contribution in [0.1, 0.15) is 23.6 Å². The van der Waals surface area contributed by atoms with Crippen LogP contribution < -0.4 is 5.32 Å². The summed E-state index contributed by atoms with van der Waals surface area (Å²) in [5.74, 6) is -0.263. The summed E-state index contributed by atoms with van der Waals surface area (Å²) in [5, 5.41) is 18.2. The summed E-state index contributed by atoms with van der Waals surface area (Å²) in [5.41, 5.74) is 2.75. The number of carbonyl (C=O) groups is 3. The van der Waals surface area contributed by atoms with Crippen molar-refractivity contribution >= 4 is 28.6 Å². The molecule has 0 radical (unpaired) electrons. The molecular formula is C34H35N5O4. The first-order valence-electron chi connectivity index (χ1n) is 14.5. The first-order valence-corrected chi connectivity index (χ1v) is 14.5. The molecule has 0 spiro atoms. The van der Waals surface area contributed by atoms with E-state index in [0.29, 0.717) is 13.1 Å². The Morgan fingerprint density at radius 2 is 1.58 bits per heavy atom. The Hall–Kier alpha value is -4.89. The number of phenols is 1. The third-order valence-corrected chi connectivity index (χ3v) is 8.46. The third kappa shape index (κ3) is 5.51. The fourth-order valence-electron chi connectivity index (χ4n) is 6.29. The lowest BCUT2D eigenvalue weighted by molar-refractivity contribution is -0.196. The maximum Gasteiger partial charge on any atom is 0.334 e. The van der Waals surface area contributed by atoms with Crippen LogP contribution in [-0.4, -0.2) is 74.6 Å². The van der Waals surface area contributed by atoms with Gasteiger partial charge >= 0.3 is 6.03 Å². The van der Waals surface area contributed by atoms with Crippen molar-refractivity contribution in [3.63, 3.8) is 0 Å². The minimum Gasteiger partial charge on any atom is -0.508 e. The van der Waals surface area contributed by atoms with Gasteiger partial charge in [0.05, 0.1) is 12.6 Å². The van der Waals surface area contributed by atoms with E-state index in [1.54, 1.807) is 51.1 Å². The number of urea groups is 1. The molecule has 2 N–H and O–H groups in total. The highest BCUT2D eigenvalue weighted by Gasteiger charge is 2.54. The zero-order chi connectivity index (χ0) is 30.1. The second-order valence-electron chi connectivity index (χ2n) is 11.3. The monoisotopic (exact) mass is 577 g/mol. The van der Waals surface area contributed by atoms with Gasteiger partial charge in [-0.2, -0.15) is 0 Å². The summed E-state index contributed by atoms with van der Waals surface area (Å²) in [6.45, 7) is 2.52. The molecule has 4 aromatic rings. The van der Waals surface area contributed by atoms with Crippen molar-refractivity contribution in [2.24, 2.45) is 0 Å². The van der Waals surface area contributed by atoms with Crippen molar-refractivity contribution in [3.05, 3.63) is 114 Å². The van der Waals surface area contributed by atoms with Gasteiger partial charge in [0.2, 0.25) is 11.8 Å². The van der Waals surface area contributed by atoms with Crippen molar-refractivity contribution in [2.45, 2.75) is 44.7 Å². The van der Waals surface area contributed by atoms with E-state index in [2.05, 4.69) is 5.32 Å². The van der Waals surface area contributed by atoms with E-state index in [0.717, 1.165) is 27.5 Å². The van der Waals surface area contributed by atoms with Crippen LogP contribution in [0.15, 0.2) is 97.1 Å². The smallest absolute Gasteiger partial charge is 0.334 e. The molecule has 3 atom stereocenters. The molecule has 0 aliphatic carbocycles. The summed E-state index contributed by atoms with van der Waals surface area (Å²) in [6, 6.07) is 28.8. The van der Waals surface area contributed by atoms with Gasteiger partial charge in [-0.05, 0) is 46.5 Å². The topological polar surface area (TPSA) is 96.4 Å². The van der Waals surface area contributed by atoms with Gasteiger partial charge in [-0.25, -0.2) is 14.8 Å². The number of fused-ring (bicyclic) bond motifs is 2. The van der Waals surface area contributed by atoms with Crippen molar-refractivity contribution in [1.29, 1.82) is 0 Å². The summed E-state index contributed by atoms with van der Waals surface area (Å²) >= 11 is 0. The van der Waals surface area contributed by atoms with E-state index in [1.165, 1.54) is 0 Å². The number of amides is 4. The van der Waals surface area contributed by atoms with Gasteiger partial charge in [-0.15, -0.1) is 0 Å². The highest BCUT2D eigenvalue weighted by molar-refractivity contribution is 5.92. The molecule has 0 saturated carbocycles. The number of nitrogens with one attached hydrogen (secondary N) is 1. The Morgan fingerprint density at radius 1 is 0.884 bits per heavy atom. The minimum absolute atomic E-state index is 0.0370. The molecule has 220 valence electrons. The zero-order valence-corrected chi connectivity index (χ0v) is 24.3. The summed E-state index contributed by atoms with van der Waals surface area (Å²) in [7, 11) is 1.73. The molecule has 2 saturated heterocycles. The van der Waals surface area contributed by atoms with E-state index >= 15 is 0 Å². The van der Waals surface area contributed by atoms with Gasteiger partial charge in [-0.1, -0.05) is 84.9 Å². The van der Waals surface area contributed by atoms with Crippen LogP contribution in [0.5, 0.6) is 5.75 Å². The number of nitrogens with zero attached hydrogens (tertiary/aromatic N) is 4. The van der Waals surface area contributed by atoms with Gasteiger partial charge < -0.3 is 20.2 Å². The molecule has 6 rings (SSSR count). The van der Waals surface area contributed by atoms with Gasteiger partial charge in [0, 0.05) is 26.6 Å². The molecule has 43 heavy (non-hydrogen) atoms. The number of likely N-dealkylation sites (N-methyl/N-ethyl adjacent to an activating group) is 1. The number of piperazine rings is 1. The molecule has 0 aromatic heterocycles. The van der Waals surface area contributed by atoms with Crippen LogP contribution in [0.2, 0.25) is 0 Å². The van der Waals surface area contributed by atoms with Crippen molar-refractivity contribution in [3.8, 4) is 5.75 Å². The van der Waals surface area contributed by atoms with Crippen LogP contribution >= 0.6 is 0 Å². The number of hydrazine groups is 1. The van der Waals surface area contributed by atoms with Crippen molar-refractivity contribution < 1.29 is 19.5 Å². The lowest BCUT2D eigenvalue weighted by atomic mass is 9.94. The Kier molecular flexibility index (Phi) is 7.73. The first kappa shape index (κ1) is 28.2. The Balaban J connectivity index is 1.38. The van der Waals surface area contributed by atoms with Crippen LogP contribution in [0.3, 0.4) is 0 Å². The Bertz CT molecular complexity index is 1640. The number of benzene rings is 4. The van der Waals surface area contributed by atoms with Crippen LogP contribution in [0.25, 0.3) is 10.8 Å². The molecule has 9 nitrogen and oxygen atoms in total. The maximum atomic E-state index is 14.4. The van der Waals surface area contributed by atoms with Crippen LogP contribution in [-0.2, 0) is 29.1 Å². The molecule has 2 heterocycles. The first-order chi connectivity index (χ1) is 20.8. The predicted octanol–water partition coefficient (Wildman–Crippen LogP) is 4.11. The molecule has 4 aromatic carbocycles. The van der Waals surface area contributed by atoms with Crippen LogP contribution in [0, 0.1) is 0 Å². The van der Waals surface area contributed by atoms with E-state index in [1.807, 2.05) is 79.7 Å². The standard InChI is InChI=1S/C34H35N5O4/c1-23-32-38(31(41)22-36(2)39(32)34(43)35-20-25-9-4-3-5-10-25)30(19-24-15-17-28(40)18-16-24)33(42)37(23)21-27-13-8-12-26-11-6-7-14-29(26)27/h3-18,23,30,32,40H,19-22H2,1-2H3,(H,35,43)/t23-,30-,32-/m0/s1. The summed E-state index contributed by atoms with van der Waals surface area (Å²) in [6.07, 6.45) is -0.472. The lowest BCUT2D eigenvalue weighted by Crippen LogP contribution is -2.78. The highest BCUT2D eigenvalue weighted by atomic mass is 16.3. The molecular weight excluding hydrogens is 542 g/mol. The predicted molar refractivity (Wildman–Crippen MR) is 163 cm³/mol. The van der Waals surface area contributed by atoms with Gasteiger partial charge in [0.15, 0.2) is 0 Å². The largest absolute Gasteiger partial charge is 0.508 e. The van der Waals surface area contributed by atoms with Gasteiger partial charge in [0.1, 0.15) is 18.0 Å². The fourth-order valence-corrected chi connectivity index (χ4v) is 6.29. The second kappa shape index (κ2) is 11.8. The average molecular weight is 578 g/mol. The number of aromatic hydroxyl groups is 1. The molecule has 2 fully saturated rings. The van der Waals surface area contributed by atoms with E-state index in [9.17, 15) is 19.5 Å². The third-order valence-electron chi connectivity index (χ3n) is 8.46. The molecule has 0 bridgehead atoms. The number of hydrogen-bond donors (Lipinski definition) is 2. The van der Waals surface area contributed by atoms with Gasteiger partial charge in [0.25, 0.3) is 0 Å². The fraction of sp³-hybridized carbons (Fsp3) is 0.265. The van der Waals surface area contributed by atoms with E-state index in [4.69, 9.17) is 0 Å². The molecule has 0 unspecified atom stereocenters. The molecule has 2 aliphatic rings. The lowest BCUT2D eigenvalue weighted by Gasteiger charge is -2.57. The number of phenolic OH excluding ortho intramolecular Hbond substituents is 1. The molecule has 2 aliphatic heterocycles. The van der Waals surface area contributed by atoms with E-state index in [-0.39, 0.29) is 36.6 Å². The quantitative estimate of drug-likeness (QED) is 0.360. The van der Waals surface area contributed by atoms with E-state index < -0.39 is 18.2 Å². The summed E-state index contributed by atoms with van der Waals surface area (Å²) < 4.78 is 0. The Labute approximate surface area is 250 Å². The molecule has 9 heteroatoms. The van der Waals surface area contributed by atoms with Crippen molar-refractivity contribution in [2.75, 3.05) is 13.6 Å². The summed E-state index contributed by atoms with van der Waals surface area (Å²) in [4.78, 5) is 45.3. The number of carbonyl (C=O) groups excluding carboxylic acids is 3. The maximum absolute atomic E-state index is 14.4. The second-order valence-corrected chi connectivity index (χ2v) is 11.3. The SMILES string of the molecule is C[C@H]1[C@H]2N(C(=O)CN(C)N2C(=O)NCc2ccccc2)[C@@H](Cc2ccc(O)cc2)C(=O)N1Cc1cccc2ccccc12. The van der Waals surface area contributed by atoms with Crippen molar-refractivity contribution in [1.82, 2.24) is 25.1 Å². The van der Waals surface area contributed by atoms with Crippen LogP contribution in [0.4, 0.5) is 4.79 Å². The Morgan fingerprint density at radius 3 is 2.35 bits per heavy atom. The normalized spacial score (nSPS) is 20.8. The van der Waals surface area contributed by atoms with Gasteiger partial charge in [-0.3, -0.25) is 9.59 Å². The highest BCUT2D eigenvalue weighted by Crippen LogP contribution is 2.33.